The second-order valence-electron chi connectivity index (χ2n) is 9.53. The highest BCUT2D eigenvalue weighted by Gasteiger charge is 2.74. The van der Waals surface area contributed by atoms with Crippen LogP contribution in [0.15, 0.2) is 12.1 Å². The molecular formula is C23H29NO4. The maximum atomic E-state index is 13.0. The number of Topliss-reactive ketones (excluding diaryl/α,β-unsaturated/α-hetero) is 1. The third kappa shape index (κ3) is 1.97. The van der Waals surface area contributed by atoms with Gasteiger partial charge in [-0.2, -0.15) is 0 Å². The number of carbonyl (C=O) groups excluding carboxylic acids is 1. The van der Waals surface area contributed by atoms with Crippen LogP contribution in [0.4, 0.5) is 0 Å². The molecule has 0 radical (unpaired) electrons. The SMILES string of the molecule is CCCOC12CCC(=O)[C@@H]3Oc4c(O)ccc5c4[C@@]31CCN(CC1CC1)[C@@H]2C5. The smallest absolute Gasteiger partial charge is 0.174 e. The molecule has 0 amide bonds. The fraction of sp³-hybridized carbons (Fsp3) is 0.696. The minimum absolute atomic E-state index is 0.165. The van der Waals surface area contributed by atoms with Gasteiger partial charge in [-0.25, -0.2) is 0 Å². The minimum atomic E-state index is -0.508. The number of hydrogen-bond acceptors (Lipinski definition) is 5. The molecule has 5 heteroatoms. The molecule has 1 saturated heterocycles. The Balaban J connectivity index is 1.57. The van der Waals surface area contributed by atoms with Crippen LogP contribution >= 0.6 is 0 Å². The Morgan fingerprint density at radius 1 is 1.32 bits per heavy atom. The summed E-state index contributed by atoms with van der Waals surface area (Å²) in [5.41, 5.74) is 1.50. The van der Waals surface area contributed by atoms with E-state index in [1.807, 2.05) is 0 Å². The number of ketones is 1. The standard InChI is InChI=1S/C23H29NO4/c1-2-11-27-23-8-7-17(26)21-22(23)9-10-24(13-14-3-4-14)18(23)12-15-5-6-16(25)20(28-21)19(15)22/h5-6,14,18,21,25H,2-4,7-13H2,1H3/t18-,21+,22+,23?/m1/s1. The first-order chi connectivity index (χ1) is 13.6. The predicted octanol–water partition coefficient (Wildman–Crippen LogP) is 2.96. The van der Waals surface area contributed by atoms with E-state index in [0.717, 1.165) is 50.3 Å². The number of carbonyl (C=O) groups is 1. The maximum Gasteiger partial charge on any atom is 0.174 e. The average Bonchev–Trinajstić information content (AvgIpc) is 3.43. The predicted molar refractivity (Wildman–Crippen MR) is 104 cm³/mol. The number of phenolic OH excluding ortho intramolecular Hbond substituents is 1. The molecule has 2 aliphatic heterocycles. The van der Waals surface area contributed by atoms with Gasteiger partial charge in [-0.1, -0.05) is 13.0 Å². The largest absolute Gasteiger partial charge is 0.504 e. The van der Waals surface area contributed by atoms with Gasteiger partial charge in [0.05, 0.1) is 11.0 Å². The van der Waals surface area contributed by atoms with Gasteiger partial charge in [0.2, 0.25) is 0 Å². The molecule has 4 atom stereocenters. The van der Waals surface area contributed by atoms with Gasteiger partial charge in [0.25, 0.3) is 0 Å². The highest BCUT2D eigenvalue weighted by molar-refractivity contribution is 5.90. The lowest BCUT2D eigenvalue weighted by Gasteiger charge is -2.64. The van der Waals surface area contributed by atoms with Crippen LogP contribution in [-0.2, 0) is 21.4 Å². The number of likely N-dealkylation sites (tertiary alicyclic amines) is 1. The Morgan fingerprint density at radius 2 is 2.18 bits per heavy atom. The van der Waals surface area contributed by atoms with E-state index in [0.29, 0.717) is 18.8 Å². The summed E-state index contributed by atoms with van der Waals surface area (Å²) in [6.45, 7) is 4.99. The number of phenols is 1. The zero-order valence-electron chi connectivity index (χ0n) is 16.6. The second kappa shape index (κ2) is 5.73. The number of ether oxygens (including phenoxy) is 2. The first kappa shape index (κ1) is 17.3. The third-order valence-corrected chi connectivity index (χ3v) is 8.08. The van der Waals surface area contributed by atoms with Crippen molar-refractivity contribution in [2.75, 3.05) is 19.7 Å². The monoisotopic (exact) mass is 383 g/mol. The Hall–Kier alpha value is -1.59. The molecule has 1 N–H and O–H groups in total. The van der Waals surface area contributed by atoms with Crippen molar-refractivity contribution in [3.8, 4) is 11.5 Å². The van der Waals surface area contributed by atoms with Crippen molar-refractivity contribution in [2.24, 2.45) is 5.92 Å². The van der Waals surface area contributed by atoms with E-state index in [4.69, 9.17) is 9.47 Å². The number of piperidine rings is 1. The molecule has 6 rings (SSSR count). The molecule has 2 saturated carbocycles. The molecule has 1 aromatic carbocycles. The van der Waals surface area contributed by atoms with E-state index in [2.05, 4.69) is 17.9 Å². The summed E-state index contributed by atoms with van der Waals surface area (Å²) in [5, 5.41) is 10.5. The van der Waals surface area contributed by atoms with Crippen molar-refractivity contribution < 1.29 is 19.4 Å². The van der Waals surface area contributed by atoms with Crippen molar-refractivity contribution in [1.29, 1.82) is 0 Å². The second-order valence-corrected chi connectivity index (χ2v) is 9.53. The molecule has 1 aromatic rings. The Labute approximate surface area is 166 Å². The van der Waals surface area contributed by atoms with Gasteiger partial charge in [0.1, 0.15) is 0 Å². The van der Waals surface area contributed by atoms with Crippen LogP contribution in [0.25, 0.3) is 0 Å². The van der Waals surface area contributed by atoms with Crippen LogP contribution < -0.4 is 4.74 Å². The molecule has 5 aliphatic rings. The lowest BCUT2D eigenvalue weighted by molar-refractivity contribution is -0.213. The molecule has 150 valence electrons. The quantitative estimate of drug-likeness (QED) is 0.847. The average molecular weight is 383 g/mol. The molecular weight excluding hydrogens is 354 g/mol. The van der Waals surface area contributed by atoms with Crippen LogP contribution in [0.5, 0.6) is 11.5 Å². The van der Waals surface area contributed by atoms with Crippen LogP contribution in [0, 0.1) is 5.92 Å². The Morgan fingerprint density at radius 3 is 2.96 bits per heavy atom. The van der Waals surface area contributed by atoms with Crippen molar-refractivity contribution in [1.82, 2.24) is 4.90 Å². The van der Waals surface area contributed by atoms with E-state index in [-0.39, 0.29) is 23.2 Å². The summed E-state index contributed by atoms with van der Waals surface area (Å²) in [7, 11) is 0. The third-order valence-electron chi connectivity index (χ3n) is 8.08. The number of benzene rings is 1. The molecule has 3 fully saturated rings. The summed E-state index contributed by atoms with van der Waals surface area (Å²) in [4.78, 5) is 15.7. The molecule has 3 aliphatic carbocycles. The van der Waals surface area contributed by atoms with Gasteiger partial charge in [-0.15, -0.1) is 0 Å². The summed E-state index contributed by atoms with van der Waals surface area (Å²) < 4.78 is 13.1. The van der Waals surface area contributed by atoms with E-state index in [1.54, 1.807) is 6.07 Å². The summed E-state index contributed by atoms with van der Waals surface area (Å²) >= 11 is 0. The Kier molecular flexibility index (Phi) is 3.54. The van der Waals surface area contributed by atoms with Crippen molar-refractivity contribution >= 4 is 5.78 Å². The first-order valence-electron chi connectivity index (χ1n) is 11.0. The van der Waals surface area contributed by atoms with Crippen molar-refractivity contribution in [3.05, 3.63) is 23.3 Å². The van der Waals surface area contributed by atoms with E-state index in [1.165, 1.54) is 18.4 Å². The van der Waals surface area contributed by atoms with Gasteiger partial charge in [0.15, 0.2) is 23.4 Å². The summed E-state index contributed by atoms with van der Waals surface area (Å²) in [5.74, 6) is 1.72. The van der Waals surface area contributed by atoms with Gasteiger partial charge in [-0.05, 0) is 62.6 Å². The summed E-state index contributed by atoms with van der Waals surface area (Å²) in [6, 6.07) is 4.08. The van der Waals surface area contributed by atoms with Gasteiger partial charge in [-0.3, -0.25) is 9.69 Å². The lowest BCUT2D eigenvalue weighted by atomic mass is 9.48. The molecule has 0 aromatic heterocycles. The molecule has 2 heterocycles. The topological polar surface area (TPSA) is 59.0 Å². The van der Waals surface area contributed by atoms with Gasteiger partial charge >= 0.3 is 0 Å². The zero-order valence-corrected chi connectivity index (χ0v) is 16.6. The molecule has 2 bridgehead atoms. The first-order valence-corrected chi connectivity index (χ1v) is 11.0. The van der Waals surface area contributed by atoms with Crippen molar-refractivity contribution in [3.63, 3.8) is 0 Å². The highest BCUT2D eigenvalue weighted by atomic mass is 16.5. The molecule has 1 unspecified atom stereocenters. The minimum Gasteiger partial charge on any atom is -0.504 e. The van der Waals surface area contributed by atoms with Gasteiger partial charge in [0, 0.05) is 31.2 Å². The van der Waals surface area contributed by atoms with Crippen LogP contribution in [0.1, 0.15) is 56.6 Å². The molecule has 1 spiro atoms. The van der Waals surface area contributed by atoms with Crippen LogP contribution in [0.2, 0.25) is 0 Å². The highest BCUT2D eigenvalue weighted by Crippen LogP contribution is 2.66. The fourth-order valence-electron chi connectivity index (χ4n) is 6.81. The summed E-state index contributed by atoms with van der Waals surface area (Å²) in [6.07, 6.45) is 6.22. The van der Waals surface area contributed by atoms with Crippen LogP contribution in [0.3, 0.4) is 0 Å². The van der Waals surface area contributed by atoms with E-state index in [9.17, 15) is 9.90 Å². The number of aromatic hydroxyl groups is 1. The van der Waals surface area contributed by atoms with Gasteiger partial charge < -0.3 is 14.6 Å². The maximum absolute atomic E-state index is 13.0. The zero-order chi connectivity index (χ0) is 19.1. The number of rotatable bonds is 5. The Bertz CT molecular complexity index is 849. The number of hydrogen-bond donors (Lipinski definition) is 1. The molecule has 5 nitrogen and oxygen atoms in total. The van der Waals surface area contributed by atoms with E-state index < -0.39 is 11.5 Å². The lowest BCUT2D eigenvalue weighted by Crippen LogP contribution is -2.77. The molecule has 28 heavy (non-hydrogen) atoms. The van der Waals surface area contributed by atoms with E-state index >= 15 is 0 Å². The van der Waals surface area contributed by atoms with Crippen molar-refractivity contribution in [2.45, 2.75) is 75.0 Å². The fourth-order valence-corrected chi connectivity index (χ4v) is 6.81. The normalized spacial score (nSPS) is 38.2. The number of nitrogens with zero attached hydrogens (tertiary/aromatic N) is 1. The van der Waals surface area contributed by atoms with Crippen LogP contribution in [-0.4, -0.2) is 53.2 Å².